The van der Waals surface area contributed by atoms with Gasteiger partial charge in [0.2, 0.25) is 0 Å². The van der Waals surface area contributed by atoms with E-state index < -0.39 is 0 Å². The van der Waals surface area contributed by atoms with Gasteiger partial charge in [-0.1, -0.05) is 31.9 Å². The van der Waals surface area contributed by atoms with Crippen LogP contribution in [0.1, 0.15) is 49.2 Å². The molecule has 4 nitrogen and oxygen atoms in total. The molecule has 1 aliphatic heterocycles. The molecule has 4 heteroatoms. The monoisotopic (exact) mass is 319 g/mol. The molecular formula is C20H21N3O. The highest BCUT2D eigenvalue weighted by Gasteiger charge is 2.39. The quantitative estimate of drug-likeness (QED) is 0.813. The Labute approximate surface area is 142 Å². The first-order valence-electron chi connectivity index (χ1n) is 8.39. The van der Waals surface area contributed by atoms with Gasteiger partial charge >= 0.3 is 0 Å². The second kappa shape index (κ2) is 7.27. The predicted octanol–water partition coefficient (Wildman–Crippen LogP) is 3.14. The van der Waals surface area contributed by atoms with Crippen LogP contribution in [-0.4, -0.2) is 26.8 Å². The first kappa shape index (κ1) is 16.2. The third kappa shape index (κ3) is 3.03. The molecule has 0 saturated carbocycles. The number of rotatable bonds is 4. The summed E-state index contributed by atoms with van der Waals surface area (Å²) in [7, 11) is 0. The molecule has 3 rings (SSSR count). The topological polar surface area (TPSA) is 46.1 Å². The van der Waals surface area contributed by atoms with Crippen LogP contribution >= 0.6 is 0 Å². The van der Waals surface area contributed by atoms with Crippen molar-refractivity contribution in [1.29, 1.82) is 0 Å². The first-order chi connectivity index (χ1) is 11.8. The van der Waals surface area contributed by atoms with Crippen LogP contribution < -0.4 is 0 Å². The van der Waals surface area contributed by atoms with Crippen molar-refractivity contribution in [3.8, 4) is 12.3 Å². The Morgan fingerprint density at radius 2 is 2.12 bits per heavy atom. The van der Waals surface area contributed by atoms with Crippen molar-refractivity contribution in [3.63, 3.8) is 0 Å². The smallest absolute Gasteiger partial charge is 0.299 e. The van der Waals surface area contributed by atoms with Gasteiger partial charge in [-0.25, -0.2) is 0 Å². The molecule has 0 saturated heterocycles. The summed E-state index contributed by atoms with van der Waals surface area (Å²) < 4.78 is 0. The van der Waals surface area contributed by atoms with Gasteiger partial charge < -0.3 is 4.90 Å². The molecule has 122 valence electrons. The summed E-state index contributed by atoms with van der Waals surface area (Å²) in [5.41, 5.74) is 2.87. The molecule has 0 N–H and O–H groups in total. The maximum atomic E-state index is 12.6. The van der Waals surface area contributed by atoms with E-state index in [1.807, 2.05) is 29.2 Å². The molecule has 0 unspecified atom stereocenters. The minimum absolute atomic E-state index is 0.0807. The fourth-order valence-corrected chi connectivity index (χ4v) is 3.42. The second-order valence-corrected chi connectivity index (χ2v) is 6.06. The summed E-state index contributed by atoms with van der Waals surface area (Å²) >= 11 is 0. The van der Waals surface area contributed by atoms with Gasteiger partial charge in [-0.05, 0) is 42.5 Å². The summed E-state index contributed by atoms with van der Waals surface area (Å²) in [4.78, 5) is 23.4. The molecule has 0 fully saturated rings. The third-order valence-electron chi connectivity index (χ3n) is 4.53. The fraction of sp³-hybridized carbons (Fsp3) is 0.350. The average Bonchev–Trinajstić information content (AvgIpc) is 2.65. The Bertz CT molecular complexity index is 751. The zero-order valence-electron chi connectivity index (χ0n) is 13.9. The lowest BCUT2D eigenvalue weighted by molar-refractivity contribution is -0.130. The maximum Gasteiger partial charge on any atom is 0.299 e. The van der Waals surface area contributed by atoms with Crippen LogP contribution in [0.2, 0.25) is 0 Å². The molecule has 0 aliphatic carbocycles. The van der Waals surface area contributed by atoms with E-state index in [9.17, 15) is 4.79 Å². The number of pyridine rings is 2. The number of fused-ring (bicyclic) bond motifs is 1. The van der Waals surface area contributed by atoms with Gasteiger partial charge in [0.25, 0.3) is 5.91 Å². The molecular weight excluding hydrogens is 298 g/mol. The Kier molecular flexibility index (Phi) is 4.90. The van der Waals surface area contributed by atoms with Gasteiger partial charge in [0.15, 0.2) is 0 Å². The second-order valence-electron chi connectivity index (χ2n) is 6.06. The van der Waals surface area contributed by atoms with Gasteiger partial charge in [-0.3, -0.25) is 14.8 Å². The lowest BCUT2D eigenvalue weighted by Crippen LogP contribution is -2.48. The van der Waals surface area contributed by atoms with E-state index in [0.29, 0.717) is 0 Å². The molecule has 1 aliphatic rings. The van der Waals surface area contributed by atoms with Crippen LogP contribution in [0.3, 0.4) is 0 Å². The number of aromatic nitrogens is 2. The van der Waals surface area contributed by atoms with Gasteiger partial charge in [-0.2, -0.15) is 0 Å². The lowest BCUT2D eigenvalue weighted by Gasteiger charge is -2.41. The number of terminal acetylenes is 1. The van der Waals surface area contributed by atoms with Gasteiger partial charge in [0.1, 0.15) is 6.04 Å². The SMILES string of the molecule is C#CC(=O)N1[C@@H](CCCC)Cc2cccnc2[C@@H]1c1ccccn1. The molecule has 2 aromatic rings. The molecule has 1 amide bonds. The molecule has 24 heavy (non-hydrogen) atoms. The predicted molar refractivity (Wildman–Crippen MR) is 93.0 cm³/mol. The standard InChI is InChI=1S/C20H21N3O/c1-3-5-10-16-14-15-9-8-13-22-19(15)20(23(16)18(24)4-2)17-11-6-7-12-21-17/h2,6-9,11-13,16,20H,3,5,10,14H2,1H3/t16-,20-/m0/s1. The van der Waals surface area contributed by atoms with Crippen LogP contribution in [0.5, 0.6) is 0 Å². The van der Waals surface area contributed by atoms with Crippen LogP contribution in [0, 0.1) is 12.3 Å². The lowest BCUT2D eigenvalue weighted by atomic mass is 9.87. The van der Waals surface area contributed by atoms with E-state index in [4.69, 9.17) is 6.42 Å². The van der Waals surface area contributed by atoms with Crippen LogP contribution in [0.4, 0.5) is 0 Å². The largest absolute Gasteiger partial charge is 0.314 e. The van der Waals surface area contributed by atoms with E-state index in [1.165, 1.54) is 5.56 Å². The number of unbranched alkanes of at least 4 members (excludes halogenated alkanes) is 1. The van der Waals surface area contributed by atoms with E-state index in [1.54, 1.807) is 12.4 Å². The number of hydrogen-bond donors (Lipinski definition) is 0. The molecule has 0 radical (unpaired) electrons. The molecule has 0 bridgehead atoms. The Balaban J connectivity index is 2.12. The summed E-state index contributed by atoms with van der Waals surface area (Å²) in [5, 5.41) is 0. The normalized spacial score (nSPS) is 19.4. The third-order valence-corrected chi connectivity index (χ3v) is 4.53. The van der Waals surface area contributed by atoms with Crippen LogP contribution in [0.25, 0.3) is 0 Å². The molecule has 2 atom stereocenters. The van der Waals surface area contributed by atoms with Gasteiger partial charge in [-0.15, -0.1) is 6.42 Å². The molecule has 0 aromatic carbocycles. The highest BCUT2D eigenvalue weighted by atomic mass is 16.2. The number of carbonyl (C=O) groups is 1. The van der Waals surface area contributed by atoms with Gasteiger partial charge in [0, 0.05) is 18.4 Å². The van der Waals surface area contributed by atoms with E-state index in [-0.39, 0.29) is 18.0 Å². The summed E-state index contributed by atoms with van der Waals surface area (Å²) in [6.45, 7) is 2.15. The molecule has 0 spiro atoms. The Morgan fingerprint density at radius 1 is 1.29 bits per heavy atom. The van der Waals surface area contributed by atoms with Crippen molar-refractivity contribution in [2.24, 2.45) is 0 Å². The van der Waals surface area contributed by atoms with Crippen LogP contribution in [0.15, 0.2) is 42.7 Å². The number of amides is 1. The van der Waals surface area contributed by atoms with E-state index >= 15 is 0 Å². The van der Waals surface area contributed by atoms with Gasteiger partial charge in [0.05, 0.1) is 11.4 Å². The minimum Gasteiger partial charge on any atom is -0.314 e. The van der Waals surface area contributed by atoms with Crippen molar-refractivity contribution in [2.45, 2.75) is 44.7 Å². The van der Waals surface area contributed by atoms with Crippen molar-refractivity contribution in [1.82, 2.24) is 14.9 Å². The highest BCUT2D eigenvalue weighted by Crippen LogP contribution is 2.37. The Hall–Kier alpha value is -2.67. The fourth-order valence-electron chi connectivity index (χ4n) is 3.42. The van der Waals surface area contributed by atoms with Crippen molar-refractivity contribution in [3.05, 3.63) is 59.7 Å². The Morgan fingerprint density at radius 3 is 2.83 bits per heavy atom. The van der Waals surface area contributed by atoms with Crippen molar-refractivity contribution >= 4 is 5.91 Å². The van der Waals surface area contributed by atoms with E-state index in [2.05, 4.69) is 28.9 Å². The molecule has 3 heterocycles. The van der Waals surface area contributed by atoms with E-state index in [0.717, 1.165) is 37.1 Å². The van der Waals surface area contributed by atoms with Crippen molar-refractivity contribution in [2.75, 3.05) is 0 Å². The number of nitrogens with zero attached hydrogens (tertiary/aromatic N) is 3. The number of hydrogen-bond acceptors (Lipinski definition) is 3. The minimum atomic E-state index is -0.318. The zero-order valence-corrected chi connectivity index (χ0v) is 13.9. The number of carbonyl (C=O) groups excluding carboxylic acids is 1. The zero-order chi connectivity index (χ0) is 16.9. The average molecular weight is 319 g/mol. The summed E-state index contributed by atoms with van der Waals surface area (Å²) in [6, 6.07) is 9.53. The highest BCUT2D eigenvalue weighted by molar-refractivity contribution is 5.93. The first-order valence-corrected chi connectivity index (χ1v) is 8.39. The van der Waals surface area contributed by atoms with Crippen molar-refractivity contribution < 1.29 is 4.79 Å². The summed E-state index contributed by atoms with van der Waals surface area (Å²) in [6.07, 6.45) is 12.8. The summed E-state index contributed by atoms with van der Waals surface area (Å²) in [5.74, 6) is 2.01. The maximum absolute atomic E-state index is 12.6. The van der Waals surface area contributed by atoms with Crippen LogP contribution in [-0.2, 0) is 11.2 Å². The molecule has 2 aromatic heterocycles.